The van der Waals surface area contributed by atoms with Crippen LogP contribution >= 0.6 is 24.8 Å². The molecule has 1 aromatic carbocycles. The highest BCUT2D eigenvalue weighted by molar-refractivity contribution is 5.89. The molecule has 1 amide bonds. The molecule has 3 heterocycles. The van der Waals surface area contributed by atoms with Crippen molar-refractivity contribution in [1.82, 2.24) is 15.2 Å². The summed E-state index contributed by atoms with van der Waals surface area (Å²) in [5.41, 5.74) is 2.17. The van der Waals surface area contributed by atoms with E-state index in [0.29, 0.717) is 23.8 Å². The average Bonchev–Trinajstić information content (AvgIpc) is 3.20. The second-order valence-electron chi connectivity index (χ2n) is 8.67. The zero-order valence-electron chi connectivity index (χ0n) is 19.0. The van der Waals surface area contributed by atoms with Crippen molar-refractivity contribution in [2.75, 3.05) is 23.3 Å². The first-order chi connectivity index (χ1) is 16.1. The first-order valence-corrected chi connectivity index (χ1v) is 11.1. The van der Waals surface area contributed by atoms with Crippen LogP contribution in [0.25, 0.3) is 11.1 Å². The lowest BCUT2D eigenvalue weighted by atomic mass is 9.78. The maximum Gasteiger partial charge on any atom is 0.416 e. The number of carbonyl (C=O) groups is 1. The molecule has 2 aliphatic rings. The van der Waals surface area contributed by atoms with Crippen LogP contribution in [0.2, 0.25) is 0 Å². The van der Waals surface area contributed by atoms with E-state index in [9.17, 15) is 4.79 Å². The van der Waals surface area contributed by atoms with Crippen LogP contribution in [0, 0.1) is 17.2 Å². The molecule has 2 aromatic heterocycles. The Morgan fingerprint density at radius 1 is 1.11 bits per heavy atom. The van der Waals surface area contributed by atoms with Crippen LogP contribution < -0.4 is 10.2 Å². The van der Waals surface area contributed by atoms with Gasteiger partial charge in [0.1, 0.15) is 11.4 Å². The molecule has 10 heteroatoms. The molecule has 182 valence electrons. The third kappa shape index (κ3) is 5.81. The SMILES string of the molecule is Cl.Cl.N#Cc1cccc(-c2ccc(NCC3CCC4(CC3)CN(c3cccnn3)C(=O)O4)nc2)c1. The summed E-state index contributed by atoms with van der Waals surface area (Å²) in [6, 6.07) is 17.2. The Morgan fingerprint density at radius 3 is 2.63 bits per heavy atom. The van der Waals surface area contributed by atoms with Gasteiger partial charge in [0.2, 0.25) is 0 Å². The largest absolute Gasteiger partial charge is 0.441 e. The first-order valence-electron chi connectivity index (χ1n) is 11.1. The predicted molar refractivity (Wildman–Crippen MR) is 138 cm³/mol. The normalized spacial score (nSPS) is 20.8. The van der Waals surface area contributed by atoms with E-state index in [2.05, 4.69) is 26.6 Å². The van der Waals surface area contributed by atoms with E-state index in [1.54, 1.807) is 29.3 Å². The van der Waals surface area contributed by atoms with Crippen molar-refractivity contribution < 1.29 is 9.53 Å². The Kier molecular flexibility index (Phi) is 8.49. The second kappa shape index (κ2) is 11.3. The summed E-state index contributed by atoms with van der Waals surface area (Å²) in [6.45, 7) is 1.36. The highest BCUT2D eigenvalue weighted by Gasteiger charge is 2.48. The summed E-state index contributed by atoms with van der Waals surface area (Å²) in [7, 11) is 0. The number of benzene rings is 1. The van der Waals surface area contributed by atoms with Gasteiger partial charge in [-0.3, -0.25) is 4.90 Å². The van der Waals surface area contributed by atoms with E-state index in [0.717, 1.165) is 49.2 Å². The van der Waals surface area contributed by atoms with Gasteiger partial charge in [0, 0.05) is 24.5 Å². The molecule has 1 aliphatic carbocycles. The maximum atomic E-state index is 12.4. The highest BCUT2D eigenvalue weighted by Crippen LogP contribution is 2.40. The van der Waals surface area contributed by atoms with Crippen molar-refractivity contribution >= 4 is 42.5 Å². The standard InChI is InChI=1S/C25H24N6O2.2ClH/c26-14-19-3-1-4-20(13-19)21-6-7-22(28-16-21)27-15-18-8-10-25(11-9-18)17-31(24(32)33-25)23-5-2-12-29-30-23;;/h1-7,12-13,16,18H,8-11,15,17H2,(H,27,28);2*1H. The van der Waals surface area contributed by atoms with Gasteiger partial charge in [-0.05, 0) is 73.6 Å². The molecular formula is C25H26Cl2N6O2. The molecule has 3 aromatic rings. The number of halogens is 2. The van der Waals surface area contributed by atoms with Crippen molar-refractivity contribution in [1.29, 1.82) is 5.26 Å². The van der Waals surface area contributed by atoms with Gasteiger partial charge in [-0.15, -0.1) is 29.9 Å². The summed E-state index contributed by atoms with van der Waals surface area (Å²) in [4.78, 5) is 18.5. The van der Waals surface area contributed by atoms with Gasteiger partial charge in [-0.2, -0.15) is 10.4 Å². The predicted octanol–water partition coefficient (Wildman–Crippen LogP) is 5.25. The highest BCUT2D eigenvalue weighted by atomic mass is 35.5. The van der Waals surface area contributed by atoms with Crippen molar-refractivity contribution in [3.63, 3.8) is 0 Å². The minimum atomic E-state index is -0.428. The summed E-state index contributed by atoms with van der Waals surface area (Å²) in [5.74, 6) is 1.86. The maximum absolute atomic E-state index is 12.4. The van der Waals surface area contributed by atoms with Crippen LogP contribution in [0.4, 0.5) is 16.4 Å². The fraction of sp³-hybridized carbons (Fsp3) is 0.320. The lowest BCUT2D eigenvalue weighted by Crippen LogP contribution is -2.39. The third-order valence-electron chi connectivity index (χ3n) is 6.48. The fourth-order valence-electron chi connectivity index (χ4n) is 4.59. The molecule has 2 fully saturated rings. The number of hydrogen-bond acceptors (Lipinski definition) is 7. The summed E-state index contributed by atoms with van der Waals surface area (Å²) in [6.07, 6.45) is 6.71. The van der Waals surface area contributed by atoms with Crippen molar-refractivity contribution in [3.05, 3.63) is 66.5 Å². The Morgan fingerprint density at radius 2 is 1.94 bits per heavy atom. The van der Waals surface area contributed by atoms with E-state index < -0.39 is 5.60 Å². The molecular weight excluding hydrogens is 487 g/mol. The van der Waals surface area contributed by atoms with E-state index in [1.807, 2.05) is 36.5 Å². The number of nitrogens with one attached hydrogen (secondary N) is 1. The topological polar surface area (TPSA) is 104 Å². The first kappa shape index (κ1) is 26.2. The number of ether oxygens (including phenoxy) is 1. The Labute approximate surface area is 216 Å². The van der Waals surface area contributed by atoms with Crippen molar-refractivity contribution in [3.8, 4) is 17.2 Å². The molecule has 35 heavy (non-hydrogen) atoms. The third-order valence-corrected chi connectivity index (χ3v) is 6.48. The minimum Gasteiger partial charge on any atom is -0.441 e. The minimum absolute atomic E-state index is 0. The number of anilines is 2. The van der Waals surface area contributed by atoms with Gasteiger partial charge >= 0.3 is 6.09 Å². The summed E-state index contributed by atoms with van der Waals surface area (Å²) >= 11 is 0. The molecule has 0 atom stereocenters. The van der Waals surface area contributed by atoms with Crippen LogP contribution in [0.1, 0.15) is 31.2 Å². The van der Waals surface area contributed by atoms with E-state index >= 15 is 0 Å². The number of aromatic nitrogens is 3. The Hall–Kier alpha value is -3.41. The van der Waals surface area contributed by atoms with Crippen LogP contribution in [0.5, 0.6) is 0 Å². The molecule has 1 saturated heterocycles. The molecule has 1 N–H and O–H groups in total. The van der Waals surface area contributed by atoms with E-state index in [1.165, 1.54) is 0 Å². The molecule has 1 saturated carbocycles. The Balaban J connectivity index is 0.00000171. The molecule has 0 radical (unpaired) electrons. The molecule has 1 spiro atoms. The number of rotatable bonds is 5. The lowest BCUT2D eigenvalue weighted by molar-refractivity contribution is 0.0148. The van der Waals surface area contributed by atoms with Gasteiger partial charge in [-0.25, -0.2) is 9.78 Å². The summed E-state index contributed by atoms with van der Waals surface area (Å²) in [5, 5.41) is 20.4. The molecule has 1 aliphatic heterocycles. The van der Waals surface area contributed by atoms with E-state index in [-0.39, 0.29) is 30.9 Å². The van der Waals surface area contributed by atoms with Crippen LogP contribution in [-0.2, 0) is 4.74 Å². The molecule has 8 nitrogen and oxygen atoms in total. The smallest absolute Gasteiger partial charge is 0.416 e. The van der Waals surface area contributed by atoms with Gasteiger partial charge in [0.15, 0.2) is 5.82 Å². The zero-order chi connectivity index (χ0) is 22.7. The van der Waals surface area contributed by atoms with Gasteiger partial charge in [0.25, 0.3) is 0 Å². The monoisotopic (exact) mass is 512 g/mol. The number of nitriles is 1. The number of pyridine rings is 1. The molecule has 0 unspecified atom stereocenters. The van der Waals surface area contributed by atoms with Gasteiger partial charge < -0.3 is 10.1 Å². The lowest BCUT2D eigenvalue weighted by Gasteiger charge is -2.35. The van der Waals surface area contributed by atoms with E-state index in [4.69, 9.17) is 10.00 Å². The molecule has 0 bridgehead atoms. The number of hydrogen-bond donors (Lipinski definition) is 1. The van der Waals surface area contributed by atoms with Crippen molar-refractivity contribution in [2.45, 2.75) is 31.3 Å². The quantitative estimate of drug-likeness (QED) is 0.497. The van der Waals surface area contributed by atoms with Gasteiger partial charge in [-0.1, -0.05) is 12.1 Å². The number of carbonyl (C=O) groups excluding carboxylic acids is 1. The number of nitrogens with zero attached hydrogens (tertiary/aromatic N) is 5. The molecule has 5 rings (SSSR count). The zero-order valence-corrected chi connectivity index (χ0v) is 20.6. The van der Waals surface area contributed by atoms with Crippen LogP contribution in [0.3, 0.4) is 0 Å². The number of amides is 1. The fourth-order valence-corrected chi connectivity index (χ4v) is 4.59. The van der Waals surface area contributed by atoms with Crippen LogP contribution in [-0.4, -0.2) is 40.0 Å². The second-order valence-corrected chi connectivity index (χ2v) is 8.67. The van der Waals surface area contributed by atoms with Crippen molar-refractivity contribution in [2.24, 2.45) is 5.92 Å². The Bertz CT molecular complexity index is 1180. The van der Waals surface area contributed by atoms with Crippen LogP contribution in [0.15, 0.2) is 60.9 Å². The van der Waals surface area contributed by atoms with Gasteiger partial charge in [0.05, 0.1) is 18.2 Å². The average molecular weight is 513 g/mol. The summed E-state index contributed by atoms with van der Waals surface area (Å²) < 4.78 is 5.81.